The molecule has 2 heterocycles. The molecule has 3 rings (SSSR count). The van der Waals surface area contributed by atoms with Crippen LogP contribution >= 0.6 is 11.8 Å². The van der Waals surface area contributed by atoms with Crippen molar-refractivity contribution in [2.24, 2.45) is 7.05 Å². The van der Waals surface area contributed by atoms with Crippen molar-refractivity contribution >= 4 is 17.7 Å². The van der Waals surface area contributed by atoms with E-state index in [4.69, 9.17) is 0 Å². The predicted octanol–water partition coefficient (Wildman–Crippen LogP) is 2.66. The maximum absolute atomic E-state index is 12.4. The van der Waals surface area contributed by atoms with Gasteiger partial charge in [-0.3, -0.25) is 14.0 Å². The van der Waals surface area contributed by atoms with E-state index in [1.165, 1.54) is 17.3 Å². The van der Waals surface area contributed by atoms with E-state index in [2.05, 4.69) is 29.1 Å². The summed E-state index contributed by atoms with van der Waals surface area (Å²) in [6, 6.07) is 8.14. The number of aryl methyl sites for hydroxylation is 2. The molecule has 130 valence electrons. The Morgan fingerprint density at radius 3 is 2.84 bits per heavy atom. The second-order valence-corrected chi connectivity index (χ2v) is 6.87. The van der Waals surface area contributed by atoms with Gasteiger partial charge in [-0.2, -0.15) is 5.10 Å². The Hall–Kier alpha value is -2.54. The highest BCUT2D eigenvalue weighted by atomic mass is 32.2. The molecule has 1 amide bonds. The lowest BCUT2D eigenvalue weighted by Gasteiger charge is -2.16. The van der Waals surface area contributed by atoms with Gasteiger partial charge in [-0.25, -0.2) is 4.98 Å². The number of carbonyl (C=O) groups is 1. The smallest absolute Gasteiger partial charge is 0.233 e. The Labute approximate surface area is 151 Å². The highest BCUT2D eigenvalue weighted by Gasteiger charge is 2.14. The second-order valence-electron chi connectivity index (χ2n) is 5.93. The van der Waals surface area contributed by atoms with Gasteiger partial charge in [-0.15, -0.1) is 0 Å². The zero-order valence-corrected chi connectivity index (χ0v) is 15.4. The van der Waals surface area contributed by atoms with E-state index in [1.807, 2.05) is 43.2 Å². The van der Waals surface area contributed by atoms with Gasteiger partial charge >= 0.3 is 0 Å². The number of benzene rings is 1. The van der Waals surface area contributed by atoms with Gasteiger partial charge in [0.05, 0.1) is 17.6 Å². The van der Waals surface area contributed by atoms with Crippen LogP contribution in [0.3, 0.4) is 0 Å². The third-order valence-corrected chi connectivity index (χ3v) is 4.86. The summed E-state index contributed by atoms with van der Waals surface area (Å²) in [6.45, 7) is 2.62. The standard InChI is InChI=1S/C18H21N5OS/c1-14-6-4-5-7-16(14)23-9-8-19-18(23)25-13-17(24)21(2)11-15-10-20-22(3)12-15/h4-10,12H,11,13H2,1-3H3. The van der Waals surface area contributed by atoms with E-state index in [1.54, 1.807) is 22.0 Å². The maximum atomic E-state index is 12.4. The average Bonchev–Trinajstić information content (AvgIpc) is 3.22. The first-order valence-electron chi connectivity index (χ1n) is 7.98. The van der Waals surface area contributed by atoms with E-state index >= 15 is 0 Å². The van der Waals surface area contributed by atoms with Crippen LogP contribution in [0.25, 0.3) is 5.69 Å². The van der Waals surface area contributed by atoms with E-state index < -0.39 is 0 Å². The fourth-order valence-corrected chi connectivity index (χ4v) is 3.47. The van der Waals surface area contributed by atoms with Gasteiger partial charge in [0.15, 0.2) is 5.16 Å². The van der Waals surface area contributed by atoms with Crippen molar-refractivity contribution in [1.82, 2.24) is 24.2 Å². The summed E-state index contributed by atoms with van der Waals surface area (Å²) in [6.07, 6.45) is 7.39. The van der Waals surface area contributed by atoms with E-state index in [0.29, 0.717) is 12.3 Å². The van der Waals surface area contributed by atoms with Crippen molar-refractivity contribution in [3.63, 3.8) is 0 Å². The summed E-state index contributed by atoms with van der Waals surface area (Å²) in [5, 5.41) is 4.95. The molecule has 0 atom stereocenters. The highest BCUT2D eigenvalue weighted by molar-refractivity contribution is 7.99. The summed E-state index contributed by atoms with van der Waals surface area (Å²) < 4.78 is 3.76. The number of thioether (sulfide) groups is 1. The molecule has 2 aromatic heterocycles. The first-order valence-corrected chi connectivity index (χ1v) is 8.97. The Bertz CT molecular complexity index is 870. The molecule has 0 fully saturated rings. The number of imidazole rings is 1. The van der Waals surface area contributed by atoms with Crippen LogP contribution in [-0.2, 0) is 18.4 Å². The van der Waals surface area contributed by atoms with Crippen LogP contribution in [-0.4, -0.2) is 42.9 Å². The third-order valence-electron chi connectivity index (χ3n) is 3.91. The molecule has 0 aliphatic carbocycles. The molecule has 0 bridgehead atoms. The molecule has 0 N–H and O–H groups in total. The van der Waals surface area contributed by atoms with E-state index in [9.17, 15) is 4.79 Å². The van der Waals surface area contributed by atoms with Crippen molar-refractivity contribution in [1.29, 1.82) is 0 Å². The van der Waals surface area contributed by atoms with Crippen molar-refractivity contribution < 1.29 is 4.79 Å². The largest absolute Gasteiger partial charge is 0.341 e. The van der Waals surface area contributed by atoms with Crippen molar-refractivity contribution in [2.75, 3.05) is 12.8 Å². The Balaban J connectivity index is 1.63. The molecule has 7 heteroatoms. The molecule has 0 aliphatic heterocycles. The highest BCUT2D eigenvalue weighted by Crippen LogP contribution is 2.22. The molecule has 0 spiro atoms. The summed E-state index contributed by atoms with van der Waals surface area (Å²) in [5.74, 6) is 0.410. The van der Waals surface area contributed by atoms with E-state index in [-0.39, 0.29) is 5.91 Å². The SMILES string of the molecule is Cc1ccccc1-n1ccnc1SCC(=O)N(C)Cc1cnn(C)c1. The molecule has 0 unspecified atom stereocenters. The monoisotopic (exact) mass is 355 g/mol. The van der Waals surface area contributed by atoms with Gasteiger partial charge in [-0.05, 0) is 18.6 Å². The van der Waals surface area contributed by atoms with Crippen LogP contribution in [0.5, 0.6) is 0 Å². The lowest BCUT2D eigenvalue weighted by molar-refractivity contribution is -0.127. The zero-order valence-electron chi connectivity index (χ0n) is 14.6. The van der Waals surface area contributed by atoms with Crippen LogP contribution < -0.4 is 0 Å². The Morgan fingerprint density at radius 2 is 2.12 bits per heavy atom. The van der Waals surface area contributed by atoms with Gasteiger partial charge in [0.1, 0.15) is 0 Å². The lowest BCUT2D eigenvalue weighted by Crippen LogP contribution is -2.27. The number of nitrogens with zero attached hydrogens (tertiary/aromatic N) is 5. The van der Waals surface area contributed by atoms with Crippen LogP contribution in [0.1, 0.15) is 11.1 Å². The molecule has 0 aliphatic rings. The maximum Gasteiger partial charge on any atom is 0.233 e. The van der Waals surface area contributed by atoms with Gasteiger partial charge in [0, 0.05) is 44.8 Å². The lowest BCUT2D eigenvalue weighted by atomic mass is 10.2. The fraction of sp³-hybridized carbons (Fsp3) is 0.278. The van der Waals surface area contributed by atoms with Crippen molar-refractivity contribution in [2.45, 2.75) is 18.6 Å². The van der Waals surface area contributed by atoms with E-state index in [0.717, 1.165) is 16.4 Å². The summed E-state index contributed by atoms with van der Waals surface area (Å²) in [4.78, 5) is 18.5. The minimum Gasteiger partial charge on any atom is -0.341 e. The molecular weight excluding hydrogens is 334 g/mol. The quantitative estimate of drug-likeness (QED) is 0.638. The molecule has 6 nitrogen and oxygen atoms in total. The van der Waals surface area contributed by atoms with Crippen LogP contribution in [0.15, 0.2) is 54.2 Å². The topological polar surface area (TPSA) is 56.0 Å². The first-order chi connectivity index (χ1) is 12.0. The molecule has 3 aromatic rings. The third kappa shape index (κ3) is 4.11. The molecule has 1 aromatic carbocycles. The summed E-state index contributed by atoms with van der Waals surface area (Å²) in [5.41, 5.74) is 3.27. The van der Waals surface area contributed by atoms with Crippen LogP contribution in [0, 0.1) is 6.92 Å². The molecule has 0 saturated carbocycles. The summed E-state index contributed by atoms with van der Waals surface area (Å²) in [7, 11) is 3.68. The molecule has 0 saturated heterocycles. The Kier molecular flexibility index (Phi) is 5.23. The van der Waals surface area contributed by atoms with Crippen molar-refractivity contribution in [3.05, 3.63) is 60.2 Å². The zero-order chi connectivity index (χ0) is 17.8. The fourth-order valence-electron chi connectivity index (χ4n) is 2.57. The van der Waals surface area contributed by atoms with Gasteiger partial charge in [-0.1, -0.05) is 30.0 Å². The first kappa shape index (κ1) is 17.3. The second kappa shape index (κ2) is 7.57. The van der Waals surface area contributed by atoms with Crippen LogP contribution in [0.4, 0.5) is 0 Å². The number of hydrogen-bond acceptors (Lipinski definition) is 4. The number of carbonyl (C=O) groups excluding carboxylic acids is 1. The number of hydrogen-bond donors (Lipinski definition) is 0. The molecule has 0 radical (unpaired) electrons. The summed E-state index contributed by atoms with van der Waals surface area (Å²) >= 11 is 1.45. The van der Waals surface area contributed by atoms with Crippen LogP contribution in [0.2, 0.25) is 0 Å². The van der Waals surface area contributed by atoms with Crippen molar-refractivity contribution in [3.8, 4) is 5.69 Å². The number of aromatic nitrogens is 4. The minimum atomic E-state index is 0.0631. The van der Waals surface area contributed by atoms with Gasteiger partial charge in [0.25, 0.3) is 0 Å². The number of para-hydroxylation sites is 1. The number of rotatable bonds is 6. The molecule has 25 heavy (non-hydrogen) atoms. The number of amides is 1. The Morgan fingerprint density at radius 1 is 1.32 bits per heavy atom. The van der Waals surface area contributed by atoms with Gasteiger partial charge in [0.2, 0.25) is 5.91 Å². The normalized spacial score (nSPS) is 10.8. The predicted molar refractivity (Wildman–Crippen MR) is 98.7 cm³/mol. The minimum absolute atomic E-state index is 0.0631. The molecular formula is C18H21N5OS. The average molecular weight is 355 g/mol. The van der Waals surface area contributed by atoms with Gasteiger partial charge < -0.3 is 4.90 Å².